The zero-order valence-electron chi connectivity index (χ0n) is 8.77. The first-order valence-electron chi connectivity index (χ1n) is 4.83. The van der Waals surface area contributed by atoms with Crippen LogP contribution in [0.25, 0.3) is 11.1 Å². The molecule has 4 nitrogen and oxygen atoms in total. The molecule has 0 unspecified atom stereocenters. The first kappa shape index (κ1) is 11.9. The van der Waals surface area contributed by atoms with Crippen LogP contribution >= 0.6 is 23.8 Å². The summed E-state index contributed by atoms with van der Waals surface area (Å²) in [5, 5.41) is 3.16. The van der Waals surface area contributed by atoms with Gasteiger partial charge in [0, 0.05) is 17.6 Å². The van der Waals surface area contributed by atoms with Crippen LogP contribution in [0, 0.1) is 4.84 Å². The molecule has 1 amide bonds. The van der Waals surface area contributed by atoms with Gasteiger partial charge in [-0.2, -0.15) is 0 Å². The van der Waals surface area contributed by atoms with Gasteiger partial charge in [-0.1, -0.05) is 17.7 Å². The summed E-state index contributed by atoms with van der Waals surface area (Å²) in [6, 6.07) is 4.62. The maximum atomic E-state index is 11.8. The molecule has 0 radical (unpaired) electrons. The number of halogens is 1. The highest BCUT2D eigenvalue weighted by Gasteiger charge is 2.12. The van der Waals surface area contributed by atoms with Crippen molar-refractivity contribution in [3.63, 3.8) is 0 Å². The first-order valence-corrected chi connectivity index (χ1v) is 5.62. The van der Waals surface area contributed by atoms with Crippen molar-refractivity contribution in [2.45, 2.75) is 0 Å². The third-order valence-electron chi connectivity index (χ3n) is 2.14. The van der Waals surface area contributed by atoms with Crippen LogP contribution in [0.4, 0.5) is 4.79 Å². The fraction of sp³-hybridized carbons (Fsp3) is 0.0909. The SMILES string of the molecule is C=CCNC(=O)n1c(=S)oc2cc(Cl)ccc21. The Morgan fingerprint density at radius 3 is 3.12 bits per heavy atom. The number of nitrogens with zero attached hydrogens (tertiary/aromatic N) is 1. The van der Waals surface area contributed by atoms with Crippen LogP contribution in [0.1, 0.15) is 0 Å². The summed E-state index contributed by atoms with van der Waals surface area (Å²) in [5.41, 5.74) is 1.07. The minimum Gasteiger partial charge on any atom is -0.429 e. The Hall–Kier alpha value is -1.59. The Morgan fingerprint density at radius 1 is 1.65 bits per heavy atom. The highest BCUT2D eigenvalue weighted by Crippen LogP contribution is 2.21. The molecule has 2 rings (SSSR count). The van der Waals surface area contributed by atoms with E-state index in [1.54, 1.807) is 24.3 Å². The number of benzene rings is 1. The maximum Gasteiger partial charge on any atom is 0.329 e. The van der Waals surface area contributed by atoms with Gasteiger partial charge in [0.05, 0.1) is 5.52 Å². The molecular formula is C11H9ClN2O2S. The number of aromatic nitrogens is 1. The summed E-state index contributed by atoms with van der Waals surface area (Å²) >= 11 is 10.8. The molecule has 0 fully saturated rings. The Morgan fingerprint density at radius 2 is 2.41 bits per heavy atom. The second kappa shape index (κ2) is 4.73. The molecule has 17 heavy (non-hydrogen) atoms. The molecule has 1 heterocycles. The molecule has 6 heteroatoms. The lowest BCUT2D eigenvalue weighted by atomic mass is 10.3. The lowest BCUT2D eigenvalue weighted by Crippen LogP contribution is -2.28. The average Bonchev–Trinajstić information content (AvgIpc) is 2.61. The van der Waals surface area contributed by atoms with Gasteiger partial charge in [0.15, 0.2) is 5.58 Å². The van der Waals surface area contributed by atoms with Crippen molar-refractivity contribution >= 4 is 40.9 Å². The van der Waals surface area contributed by atoms with E-state index >= 15 is 0 Å². The van der Waals surface area contributed by atoms with E-state index < -0.39 is 0 Å². The molecule has 0 saturated heterocycles. The Bertz CT molecular complexity index is 644. The highest BCUT2D eigenvalue weighted by atomic mass is 35.5. The van der Waals surface area contributed by atoms with Gasteiger partial charge >= 0.3 is 6.03 Å². The summed E-state index contributed by atoms with van der Waals surface area (Å²) in [4.78, 5) is 11.9. The number of oxazole rings is 1. The third kappa shape index (κ3) is 2.25. The maximum absolute atomic E-state index is 11.8. The largest absolute Gasteiger partial charge is 0.429 e. The molecule has 88 valence electrons. The Labute approximate surface area is 107 Å². The Balaban J connectivity index is 2.53. The normalized spacial score (nSPS) is 10.4. The van der Waals surface area contributed by atoms with Crippen LogP contribution in [0.5, 0.6) is 0 Å². The molecule has 0 aliphatic heterocycles. The van der Waals surface area contributed by atoms with Crippen LogP contribution in [-0.2, 0) is 0 Å². The van der Waals surface area contributed by atoms with Gasteiger partial charge in [-0.25, -0.2) is 9.36 Å². The number of rotatable bonds is 2. The fourth-order valence-electron chi connectivity index (χ4n) is 1.42. The number of hydrogen-bond acceptors (Lipinski definition) is 3. The molecule has 1 aromatic carbocycles. The van der Waals surface area contributed by atoms with Crippen molar-refractivity contribution < 1.29 is 9.21 Å². The standard InChI is InChI=1S/C11H9ClN2O2S/c1-2-5-13-10(15)14-8-4-3-7(12)6-9(8)16-11(14)17/h2-4,6H,1,5H2,(H,13,15). The van der Waals surface area contributed by atoms with E-state index in [1.165, 1.54) is 4.57 Å². The Kier molecular flexibility index (Phi) is 3.31. The molecule has 1 N–H and O–H groups in total. The molecule has 2 aromatic rings. The van der Waals surface area contributed by atoms with Crippen molar-refractivity contribution in [2.24, 2.45) is 0 Å². The molecule has 0 bridgehead atoms. The van der Waals surface area contributed by atoms with E-state index in [9.17, 15) is 4.79 Å². The van der Waals surface area contributed by atoms with E-state index in [-0.39, 0.29) is 10.9 Å². The van der Waals surface area contributed by atoms with E-state index in [4.69, 9.17) is 28.2 Å². The summed E-state index contributed by atoms with van der Waals surface area (Å²) in [6.45, 7) is 3.88. The van der Waals surface area contributed by atoms with Crippen LogP contribution in [0.2, 0.25) is 5.02 Å². The molecule has 0 atom stereocenters. The zero-order chi connectivity index (χ0) is 12.4. The monoisotopic (exact) mass is 268 g/mol. The molecule has 1 aromatic heterocycles. The molecule has 0 aliphatic rings. The number of amides is 1. The van der Waals surface area contributed by atoms with Gasteiger partial charge in [-0.3, -0.25) is 0 Å². The minimum absolute atomic E-state index is 0.0869. The highest BCUT2D eigenvalue weighted by molar-refractivity contribution is 7.71. The van der Waals surface area contributed by atoms with Gasteiger partial charge in [0.1, 0.15) is 0 Å². The zero-order valence-corrected chi connectivity index (χ0v) is 10.3. The smallest absolute Gasteiger partial charge is 0.329 e. The van der Waals surface area contributed by atoms with Crippen molar-refractivity contribution in [2.75, 3.05) is 6.54 Å². The van der Waals surface area contributed by atoms with Gasteiger partial charge in [-0.15, -0.1) is 6.58 Å². The molecular weight excluding hydrogens is 260 g/mol. The molecule has 0 aliphatic carbocycles. The predicted molar refractivity (Wildman–Crippen MR) is 69.0 cm³/mol. The van der Waals surface area contributed by atoms with E-state index in [1.807, 2.05) is 0 Å². The number of carbonyl (C=O) groups is 1. The topological polar surface area (TPSA) is 47.2 Å². The summed E-state index contributed by atoms with van der Waals surface area (Å²) in [6.07, 6.45) is 1.58. The number of hydrogen-bond donors (Lipinski definition) is 1. The third-order valence-corrected chi connectivity index (χ3v) is 2.64. The van der Waals surface area contributed by atoms with Crippen LogP contribution in [-0.4, -0.2) is 17.1 Å². The van der Waals surface area contributed by atoms with E-state index in [0.29, 0.717) is 22.7 Å². The second-order valence-corrected chi connectivity index (χ2v) is 4.08. The minimum atomic E-state index is -0.351. The number of fused-ring (bicyclic) bond motifs is 1. The van der Waals surface area contributed by atoms with E-state index in [2.05, 4.69) is 11.9 Å². The van der Waals surface area contributed by atoms with Crippen molar-refractivity contribution in [3.8, 4) is 0 Å². The van der Waals surface area contributed by atoms with Gasteiger partial charge in [-0.05, 0) is 24.4 Å². The second-order valence-electron chi connectivity index (χ2n) is 3.29. The summed E-state index contributed by atoms with van der Waals surface area (Å²) in [5.74, 6) is 0. The van der Waals surface area contributed by atoms with Crippen molar-refractivity contribution in [3.05, 3.63) is 40.7 Å². The van der Waals surface area contributed by atoms with Gasteiger partial charge in [0.2, 0.25) is 0 Å². The predicted octanol–water partition coefficient (Wildman–Crippen LogP) is 3.36. The number of carbonyl (C=O) groups excluding carboxylic acids is 1. The lowest BCUT2D eigenvalue weighted by Gasteiger charge is -2.02. The average molecular weight is 269 g/mol. The van der Waals surface area contributed by atoms with Gasteiger partial charge < -0.3 is 9.73 Å². The van der Waals surface area contributed by atoms with Crippen molar-refractivity contribution in [1.29, 1.82) is 0 Å². The van der Waals surface area contributed by atoms with E-state index in [0.717, 1.165) is 0 Å². The summed E-state index contributed by atoms with van der Waals surface area (Å²) < 4.78 is 6.57. The van der Waals surface area contributed by atoms with Crippen molar-refractivity contribution in [1.82, 2.24) is 9.88 Å². The molecule has 0 spiro atoms. The quantitative estimate of drug-likeness (QED) is 0.671. The fourth-order valence-corrected chi connectivity index (χ4v) is 1.86. The van der Waals surface area contributed by atoms with Crippen LogP contribution in [0.15, 0.2) is 35.3 Å². The van der Waals surface area contributed by atoms with Crippen LogP contribution < -0.4 is 5.32 Å². The number of nitrogens with one attached hydrogen (secondary N) is 1. The molecule has 0 saturated carbocycles. The van der Waals surface area contributed by atoms with Gasteiger partial charge in [0.25, 0.3) is 4.84 Å². The summed E-state index contributed by atoms with van der Waals surface area (Å²) in [7, 11) is 0. The lowest BCUT2D eigenvalue weighted by molar-refractivity contribution is 0.243. The first-order chi connectivity index (χ1) is 8.13. The van der Waals surface area contributed by atoms with Crippen LogP contribution in [0.3, 0.4) is 0 Å².